The zero-order chi connectivity index (χ0) is 10.8. The van der Waals surface area contributed by atoms with Crippen LogP contribution in [0.5, 0.6) is 0 Å². The van der Waals surface area contributed by atoms with Gasteiger partial charge in [-0.1, -0.05) is 17.7 Å². The summed E-state index contributed by atoms with van der Waals surface area (Å²) in [5.74, 6) is 0. The predicted molar refractivity (Wildman–Crippen MR) is 65.4 cm³/mol. The van der Waals surface area contributed by atoms with E-state index < -0.39 is 0 Å². The van der Waals surface area contributed by atoms with Crippen LogP contribution in [0.25, 0.3) is 0 Å². The maximum Gasteiger partial charge on any atom is 0.0471 e. The summed E-state index contributed by atoms with van der Waals surface area (Å²) >= 11 is 6.13. The van der Waals surface area contributed by atoms with Gasteiger partial charge in [0.1, 0.15) is 0 Å². The summed E-state index contributed by atoms with van der Waals surface area (Å²) in [6.45, 7) is 0.506. The largest absolute Gasteiger partial charge is 0.371 e. The molecule has 0 spiro atoms. The molecule has 1 aromatic carbocycles. The van der Waals surface area contributed by atoms with Gasteiger partial charge >= 0.3 is 0 Å². The van der Waals surface area contributed by atoms with Gasteiger partial charge < -0.3 is 10.6 Å². The highest BCUT2D eigenvalue weighted by Crippen LogP contribution is 2.32. The molecule has 1 saturated carbocycles. The van der Waals surface area contributed by atoms with E-state index in [4.69, 9.17) is 17.3 Å². The number of nitrogens with two attached hydrogens (primary N) is 1. The molecule has 1 aliphatic carbocycles. The first-order chi connectivity index (χ1) is 7.24. The van der Waals surface area contributed by atoms with Gasteiger partial charge in [-0.15, -0.1) is 0 Å². The van der Waals surface area contributed by atoms with E-state index in [-0.39, 0.29) is 0 Å². The third-order valence-corrected chi connectivity index (χ3v) is 3.65. The van der Waals surface area contributed by atoms with E-state index in [2.05, 4.69) is 18.0 Å². The number of nitrogens with zero attached hydrogens (tertiary/aromatic N) is 1. The van der Waals surface area contributed by atoms with E-state index in [1.165, 1.54) is 24.9 Å². The number of hydrogen-bond donors (Lipinski definition) is 1. The summed E-state index contributed by atoms with van der Waals surface area (Å²) in [4.78, 5) is 2.32. The first-order valence-electron chi connectivity index (χ1n) is 5.44. The Morgan fingerprint density at radius 2 is 2.20 bits per heavy atom. The van der Waals surface area contributed by atoms with Gasteiger partial charge in [-0.05, 0) is 31.4 Å². The first kappa shape index (κ1) is 10.8. The van der Waals surface area contributed by atoms with Gasteiger partial charge in [0.25, 0.3) is 0 Å². The summed E-state index contributed by atoms with van der Waals surface area (Å²) in [6.07, 6.45) is 3.91. The molecule has 1 aromatic rings. The van der Waals surface area contributed by atoms with E-state index in [1.54, 1.807) is 0 Å². The molecule has 15 heavy (non-hydrogen) atoms. The number of anilines is 1. The molecule has 82 valence electrons. The summed E-state index contributed by atoms with van der Waals surface area (Å²) in [7, 11) is 2.13. The zero-order valence-electron chi connectivity index (χ0n) is 9.04. The Bertz CT molecular complexity index is 347. The maximum absolute atomic E-state index is 6.13. The Balaban J connectivity index is 2.29. The molecule has 1 aliphatic rings. The minimum atomic E-state index is 0.506. The maximum atomic E-state index is 6.13. The standard InChI is InChI=1S/C12H17ClN2/c1-15(9-4-2-5-9)12-7-3-6-11(13)10(12)8-14/h3,6-7,9H,2,4-5,8,14H2,1H3. The van der Waals surface area contributed by atoms with E-state index in [0.29, 0.717) is 12.6 Å². The van der Waals surface area contributed by atoms with E-state index in [0.717, 1.165) is 10.6 Å². The Labute approximate surface area is 96.0 Å². The predicted octanol–water partition coefficient (Wildman–Crippen LogP) is 2.79. The van der Waals surface area contributed by atoms with Crippen molar-refractivity contribution >= 4 is 17.3 Å². The van der Waals surface area contributed by atoms with Crippen LogP contribution in [0.3, 0.4) is 0 Å². The summed E-state index contributed by atoms with van der Waals surface area (Å²) < 4.78 is 0. The molecule has 2 rings (SSSR count). The Kier molecular flexibility index (Phi) is 3.17. The van der Waals surface area contributed by atoms with Crippen LogP contribution in [0.2, 0.25) is 5.02 Å². The van der Waals surface area contributed by atoms with Crippen molar-refractivity contribution in [1.29, 1.82) is 0 Å². The molecule has 3 heteroatoms. The van der Waals surface area contributed by atoms with Crippen LogP contribution in [-0.4, -0.2) is 13.1 Å². The van der Waals surface area contributed by atoms with Crippen molar-refractivity contribution in [2.24, 2.45) is 5.73 Å². The lowest BCUT2D eigenvalue weighted by molar-refractivity contribution is 0.400. The molecule has 0 saturated heterocycles. The average molecular weight is 225 g/mol. The lowest BCUT2D eigenvalue weighted by Crippen LogP contribution is -2.37. The second kappa shape index (κ2) is 4.42. The van der Waals surface area contributed by atoms with Gasteiger partial charge in [0.2, 0.25) is 0 Å². The van der Waals surface area contributed by atoms with Crippen LogP contribution in [-0.2, 0) is 6.54 Å². The van der Waals surface area contributed by atoms with Crippen LogP contribution in [0, 0.1) is 0 Å². The molecule has 0 aliphatic heterocycles. The number of hydrogen-bond acceptors (Lipinski definition) is 2. The molecule has 1 fully saturated rings. The summed E-state index contributed by atoms with van der Waals surface area (Å²) in [5, 5.41) is 0.779. The highest BCUT2D eigenvalue weighted by molar-refractivity contribution is 6.31. The second-order valence-electron chi connectivity index (χ2n) is 4.14. The molecule has 0 heterocycles. The smallest absolute Gasteiger partial charge is 0.0471 e. The molecule has 2 N–H and O–H groups in total. The van der Waals surface area contributed by atoms with Crippen molar-refractivity contribution in [2.45, 2.75) is 31.8 Å². The zero-order valence-corrected chi connectivity index (χ0v) is 9.80. The van der Waals surface area contributed by atoms with Crippen molar-refractivity contribution in [3.63, 3.8) is 0 Å². The van der Waals surface area contributed by atoms with E-state index in [9.17, 15) is 0 Å². The van der Waals surface area contributed by atoms with E-state index >= 15 is 0 Å². The van der Waals surface area contributed by atoms with Crippen molar-refractivity contribution in [3.8, 4) is 0 Å². The molecular weight excluding hydrogens is 208 g/mol. The molecule has 0 aromatic heterocycles. The number of halogens is 1. The monoisotopic (exact) mass is 224 g/mol. The third-order valence-electron chi connectivity index (χ3n) is 3.30. The average Bonchev–Trinajstić information content (AvgIpc) is 2.14. The van der Waals surface area contributed by atoms with Crippen LogP contribution in [0.4, 0.5) is 5.69 Å². The Hall–Kier alpha value is -0.730. The lowest BCUT2D eigenvalue weighted by Gasteiger charge is -2.37. The molecule has 2 nitrogen and oxygen atoms in total. The van der Waals surface area contributed by atoms with Crippen molar-refractivity contribution in [1.82, 2.24) is 0 Å². The fourth-order valence-corrected chi connectivity index (χ4v) is 2.30. The third kappa shape index (κ3) is 1.97. The highest BCUT2D eigenvalue weighted by atomic mass is 35.5. The van der Waals surface area contributed by atoms with Crippen molar-refractivity contribution in [2.75, 3.05) is 11.9 Å². The highest BCUT2D eigenvalue weighted by Gasteiger charge is 2.23. The fraction of sp³-hybridized carbons (Fsp3) is 0.500. The Morgan fingerprint density at radius 3 is 2.73 bits per heavy atom. The molecule has 0 amide bonds. The fourth-order valence-electron chi connectivity index (χ4n) is 2.05. The van der Waals surface area contributed by atoms with Gasteiger partial charge in [-0.2, -0.15) is 0 Å². The summed E-state index contributed by atoms with van der Waals surface area (Å²) in [5.41, 5.74) is 7.99. The number of benzene rings is 1. The second-order valence-corrected chi connectivity index (χ2v) is 4.54. The van der Waals surface area contributed by atoms with E-state index in [1.807, 2.05) is 12.1 Å². The molecule has 0 unspecified atom stereocenters. The van der Waals surface area contributed by atoms with Crippen LogP contribution in [0.15, 0.2) is 18.2 Å². The topological polar surface area (TPSA) is 29.3 Å². The van der Waals surface area contributed by atoms with Crippen LogP contribution in [0.1, 0.15) is 24.8 Å². The normalized spacial score (nSPS) is 16.2. The van der Waals surface area contributed by atoms with Crippen LogP contribution >= 0.6 is 11.6 Å². The van der Waals surface area contributed by atoms with Gasteiger partial charge in [-0.25, -0.2) is 0 Å². The summed E-state index contributed by atoms with van der Waals surface area (Å²) in [6, 6.07) is 6.68. The number of rotatable bonds is 3. The molecule has 0 bridgehead atoms. The minimum absolute atomic E-state index is 0.506. The van der Waals surface area contributed by atoms with Gasteiger partial charge in [0.05, 0.1) is 0 Å². The lowest BCUT2D eigenvalue weighted by atomic mass is 9.91. The van der Waals surface area contributed by atoms with Crippen molar-refractivity contribution in [3.05, 3.63) is 28.8 Å². The molecular formula is C12H17ClN2. The molecule has 0 atom stereocenters. The molecule has 0 radical (unpaired) electrons. The quantitative estimate of drug-likeness (QED) is 0.856. The van der Waals surface area contributed by atoms with Gasteiger partial charge in [-0.3, -0.25) is 0 Å². The van der Waals surface area contributed by atoms with Crippen molar-refractivity contribution < 1.29 is 0 Å². The first-order valence-corrected chi connectivity index (χ1v) is 5.82. The minimum Gasteiger partial charge on any atom is -0.371 e. The van der Waals surface area contributed by atoms with Crippen LogP contribution < -0.4 is 10.6 Å². The SMILES string of the molecule is CN(c1cccc(Cl)c1CN)C1CCC1. The van der Waals surface area contributed by atoms with Gasteiger partial charge in [0.15, 0.2) is 0 Å². The van der Waals surface area contributed by atoms with Gasteiger partial charge in [0, 0.05) is 35.9 Å². The Morgan fingerprint density at radius 1 is 1.47 bits per heavy atom.